The second-order valence-electron chi connectivity index (χ2n) is 4.38. The maximum Gasteiger partial charge on any atom is 0.289 e. The van der Waals surface area contributed by atoms with Gasteiger partial charge in [-0.2, -0.15) is 5.26 Å². The van der Waals surface area contributed by atoms with Gasteiger partial charge in [0.2, 0.25) is 0 Å². The van der Waals surface area contributed by atoms with E-state index in [2.05, 4.69) is 10.3 Å². The molecule has 7 heteroatoms. The molecular weight excluding hydrogens is 236 g/mol. The van der Waals surface area contributed by atoms with Crippen LogP contribution in [0, 0.1) is 21.4 Å². The third-order valence-corrected chi connectivity index (χ3v) is 3.20. The van der Waals surface area contributed by atoms with Gasteiger partial charge >= 0.3 is 0 Å². The van der Waals surface area contributed by atoms with E-state index in [0.717, 1.165) is 25.5 Å². The summed E-state index contributed by atoms with van der Waals surface area (Å²) < 4.78 is 0. The van der Waals surface area contributed by atoms with E-state index in [9.17, 15) is 15.2 Å². The van der Waals surface area contributed by atoms with E-state index in [1.165, 1.54) is 6.07 Å². The number of nitrogens with zero attached hydrogens (tertiary/aromatic N) is 3. The molecule has 0 amide bonds. The predicted octanol–water partition coefficient (Wildman–Crippen LogP) is 1.19. The van der Waals surface area contributed by atoms with Crippen molar-refractivity contribution in [2.45, 2.75) is 24.8 Å². The molecule has 2 N–H and O–H groups in total. The Hall–Kier alpha value is -2.20. The van der Waals surface area contributed by atoms with Crippen LogP contribution in [0.25, 0.3) is 0 Å². The van der Waals surface area contributed by atoms with Gasteiger partial charge in [-0.1, -0.05) is 0 Å². The molecule has 0 spiro atoms. The van der Waals surface area contributed by atoms with Gasteiger partial charge < -0.3 is 10.4 Å². The molecule has 94 valence electrons. The first-order valence-corrected chi connectivity index (χ1v) is 5.54. The van der Waals surface area contributed by atoms with Crippen LogP contribution in [-0.2, 0) is 0 Å². The molecular formula is C11H12N4O3. The van der Waals surface area contributed by atoms with Gasteiger partial charge in [-0.25, -0.2) is 4.98 Å². The number of rotatable bonds is 4. The summed E-state index contributed by atoms with van der Waals surface area (Å²) in [7, 11) is 0. The Bertz CT molecular complexity index is 514. The first-order chi connectivity index (χ1) is 8.60. The third-order valence-electron chi connectivity index (χ3n) is 3.20. The van der Waals surface area contributed by atoms with Crippen LogP contribution < -0.4 is 5.32 Å². The highest BCUT2D eigenvalue weighted by Gasteiger charge is 2.37. The molecule has 1 aromatic heterocycles. The highest BCUT2D eigenvalue weighted by atomic mass is 16.6. The molecule has 18 heavy (non-hydrogen) atoms. The summed E-state index contributed by atoms with van der Waals surface area (Å²) in [6, 6.07) is 3.05. The molecule has 1 aliphatic rings. The summed E-state index contributed by atoms with van der Waals surface area (Å²) >= 11 is 0. The van der Waals surface area contributed by atoms with Crippen LogP contribution in [0.3, 0.4) is 0 Å². The van der Waals surface area contributed by atoms with Crippen molar-refractivity contribution in [2.75, 3.05) is 11.9 Å². The lowest BCUT2D eigenvalue weighted by Crippen LogP contribution is -2.48. The van der Waals surface area contributed by atoms with E-state index in [4.69, 9.17) is 5.26 Å². The molecule has 1 saturated carbocycles. The Labute approximate surface area is 103 Å². The number of nitro groups is 1. The Morgan fingerprint density at radius 3 is 2.83 bits per heavy atom. The van der Waals surface area contributed by atoms with Crippen LogP contribution in [0.2, 0.25) is 0 Å². The molecule has 0 unspecified atom stereocenters. The number of aliphatic hydroxyl groups excluding tert-OH is 1. The van der Waals surface area contributed by atoms with E-state index in [1.54, 1.807) is 0 Å². The van der Waals surface area contributed by atoms with Gasteiger partial charge in [-0.3, -0.25) is 10.1 Å². The largest absolute Gasteiger partial charge is 0.394 e. The van der Waals surface area contributed by atoms with Crippen molar-refractivity contribution >= 4 is 11.5 Å². The summed E-state index contributed by atoms with van der Waals surface area (Å²) in [4.78, 5) is 13.9. The van der Waals surface area contributed by atoms with Crippen molar-refractivity contribution in [2.24, 2.45) is 0 Å². The average Bonchev–Trinajstić information content (AvgIpc) is 2.33. The summed E-state index contributed by atoms with van der Waals surface area (Å²) in [5.74, 6) is 0.289. The first kappa shape index (κ1) is 12.3. The predicted molar refractivity (Wildman–Crippen MR) is 62.9 cm³/mol. The van der Waals surface area contributed by atoms with Crippen molar-refractivity contribution in [1.82, 2.24) is 4.98 Å². The quantitative estimate of drug-likeness (QED) is 0.611. The molecule has 1 aliphatic carbocycles. The number of aliphatic hydroxyl groups is 1. The lowest BCUT2D eigenvalue weighted by molar-refractivity contribution is -0.385. The lowest BCUT2D eigenvalue weighted by atomic mass is 9.77. The van der Waals surface area contributed by atoms with Gasteiger partial charge in [-0.05, 0) is 19.3 Å². The van der Waals surface area contributed by atoms with E-state index in [-0.39, 0.29) is 23.7 Å². The van der Waals surface area contributed by atoms with Gasteiger partial charge in [0, 0.05) is 6.07 Å². The summed E-state index contributed by atoms with van der Waals surface area (Å²) in [6.45, 7) is -0.0451. The highest BCUT2D eigenvalue weighted by molar-refractivity contribution is 5.57. The van der Waals surface area contributed by atoms with Crippen molar-refractivity contribution in [3.63, 3.8) is 0 Å². The molecule has 0 aromatic carbocycles. The molecule has 1 heterocycles. The Morgan fingerprint density at radius 2 is 2.39 bits per heavy atom. The molecule has 0 bridgehead atoms. The zero-order valence-electron chi connectivity index (χ0n) is 9.59. The number of nitrogens with one attached hydrogen (secondary N) is 1. The molecule has 7 nitrogen and oxygen atoms in total. The average molecular weight is 248 g/mol. The summed E-state index contributed by atoms with van der Waals surface area (Å²) in [5.41, 5.74) is -0.540. The zero-order chi connectivity index (χ0) is 13.2. The molecule has 1 aromatic rings. The Kier molecular flexibility index (Phi) is 3.12. The SMILES string of the molecule is N#Cc1cc([N+](=O)[O-])cnc1NC1(CO)CCC1. The number of pyridine rings is 1. The zero-order valence-corrected chi connectivity index (χ0v) is 9.59. The van der Waals surface area contributed by atoms with Gasteiger partial charge in [0.15, 0.2) is 0 Å². The minimum absolute atomic E-state index is 0.0451. The standard InChI is InChI=1S/C11H12N4O3/c12-5-8-4-9(15(17)18)6-13-10(8)14-11(7-16)2-1-3-11/h4,6,16H,1-3,7H2,(H,13,14). The van der Waals surface area contributed by atoms with Crippen molar-refractivity contribution in [1.29, 1.82) is 5.26 Å². The number of aromatic nitrogens is 1. The smallest absolute Gasteiger partial charge is 0.289 e. The van der Waals surface area contributed by atoms with E-state index < -0.39 is 10.5 Å². The monoisotopic (exact) mass is 248 g/mol. The Morgan fingerprint density at radius 1 is 1.67 bits per heavy atom. The topological polar surface area (TPSA) is 112 Å². The van der Waals surface area contributed by atoms with Crippen LogP contribution in [-0.4, -0.2) is 27.2 Å². The molecule has 0 radical (unpaired) electrons. The van der Waals surface area contributed by atoms with Crippen LogP contribution in [0.1, 0.15) is 24.8 Å². The van der Waals surface area contributed by atoms with Gasteiger partial charge in [0.1, 0.15) is 23.6 Å². The fraction of sp³-hybridized carbons (Fsp3) is 0.455. The normalized spacial score (nSPS) is 16.4. The van der Waals surface area contributed by atoms with E-state index >= 15 is 0 Å². The second kappa shape index (κ2) is 4.58. The van der Waals surface area contributed by atoms with E-state index in [1.807, 2.05) is 6.07 Å². The van der Waals surface area contributed by atoms with Crippen LogP contribution in [0.15, 0.2) is 12.3 Å². The van der Waals surface area contributed by atoms with Gasteiger partial charge in [-0.15, -0.1) is 0 Å². The van der Waals surface area contributed by atoms with Crippen molar-refractivity contribution in [3.8, 4) is 6.07 Å². The number of hydrogen-bond acceptors (Lipinski definition) is 6. The summed E-state index contributed by atoms with van der Waals surface area (Å²) in [5, 5.41) is 31.9. The maximum absolute atomic E-state index is 10.6. The Balaban J connectivity index is 2.28. The third kappa shape index (κ3) is 2.10. The minimum atomic E-state index is -0.594. The van der Waals surface area contributed by atoms with Crippen molar-refractivity contribution < 1.29 is 10.0 Å². The number of hydrogen-bond donors (Lipinski definition) is 2. The van der Waals surface area contributed by atoms with Crippen molar-refractivity contribution in [3.05, 3.63) is 27.9 Å². The van der Waals surface area contributed by atoms with Crippen LogP contribution in [0.5, 0.6) is 0 Å². The number of anilines is 1. The molecule has 2 rings (SSSR count). The maximum atomic E-state index is 10.6. The van der Waals surface area contributed by atoms with Crippen LogP contribution >= 0.6 is 0 Å². The molecule has 0 saturated heterocycles. The second-order valence-corrected chi connectivity index (χ2v) is 4.38. The molecule has 0 atom stereocenters. The first-order valence-electron chi connectivity index (χ1n) is 5.54. The van der Waals surface area contributed by atoms with Gasteiger partial charge in [0.25, 0.3) is 5.69 Å². The molecule has 0 aliphatic heterocycles. The minimum Gasteiger partial charge on any atom is -0.394 e. The fourth-order valence-corrected chi connectivity index (χ4v) is 1.92. The highest BCUT2D eigenvalue weighted by Crippen LogP contribution is 2.35. The fourth-order valence-electron chi connectivity index (χ4n) is 1.92. The lowest BCUT2D eigenvalue weighted by Gasteiger charge is -2.41. The summed E-state index contributed by atoms with van der Waals surface area (Å²) in [6.07, 6.45) is 3.70. The molecule has 1 fully saturated rings. The van der Waals surface area contributed by atoms with E-state index in [0.29, 0.717) is 0 Å². The van der Waals surface area contributed by atoms with Gasteiger partial charge in [0.05, 0.1) is 17.1 Å². The number of nitriles is 1. The van der Waals surface area contributed by atoms with Crippen LogP contribution in [0.4, 0.5) is 11.5 Å².